The van der Waals surface area contributed by atoms with Gasteiger partial charge in [0.2, 0.25) is 11.8 Å². The number of benzene rings is 2. The summed E-state index contributed by atoms with van der Waals surface area (Å²) in [6.07, 6.45) is 0. The van der Waals surface area contributed by atoms with Crippen LogP contribution in [0, 0.1) is 5.82 Å². The molecule has 0 amide bonds. The van der Waals surface area contributed by atoms with Gasteiger partial charge in [-0.25, -0.2) is 4.39 Å². The molecule has 0 aliphatic carbocycles. The Kier molecular flexibility index (Phi) is 3.29. The highest BCUT2D eigenvalue weighted by atomic mass is 19.1. The summed E-state index contributed by atoms with van der Waals surface area (Å²) >= 11 is 0. The van der Waals surface area contributed by atoms with Crippen LogP contribution in [0.25, 0.3) is 11.5 Å². The Morgan fingerprint density at radius 3 is 2.35 bits per heavy atom. The van der Waals surface area contributed by atoms with Gasteiger partial charge in [-0.3, -0.25) is 0 Å². The maximum atomic E-state index is 12.9. The van der Waals surface area contributed by atoms with Crippen molar-refractivity contribution < 1.29 is 8.81 Å². The summed E-state index contributed by atoms with van der Waals surface area (Å²) in [6, 6.07) is 15.9. The second-order valence-electron chi connectivity index (χ2n) is 4.58. The van der Waals surface area contributed by atoms with E-state index < -0.39 is 0 Å². The molecule has 3 aromatic rings. The lowest BCUT2D eigenvalue weighted by atomic mass is 10.0. The predicted octanol–water partition coefficient (Wildman–Crippen LogP) is 4.03. The standard InChI is InChI=1S/C16H13FN2O/c1-11(12-7-9-14(17)10-8-12)15-18-19-16(20-15)13-5-3-2-4-6-13/h2-11H,1H3. The molecule has 1 unspecified atom stereocenters. The topological polar surface area (TPSA) is 38.9 Å². The molecule has 0 spiro atoms. The van der Waals surface area contributed by atoms with Crippen LogP contribution in [0.15, 0.2) is 59.0 Å². The van der Waals surface area contributed by atoms with Crippen molar-refractivity contribution in [1.82, 2.24) is 10.2 Å². The molecule has 4 heteroatoms. The molecule has 0 radical (unpaired) electrons. The van der Waals surface area contributed by atoms with Crippen molar-refractivity contribution in [3.05, 3.63) is 71.9 Å². The highest BCUT2D eigenvalue weighted by Crippen LogP contribution is 2.26. The molecule has 1 atom stereocenters. The second-order valence-corrected chi connectivity index (χ2v) is 4.58. The molecule has 0 aliphatic rings. The molecule has 0 N–H and O–H groups in total. The van der Waals surface area contributed by atoms with Crippen molar-refractivity contribution in [2.45, 2.75) is 12.8 Å². The van der Waals surface area contributed by atoms with E-state index in [9.17, 15) is 4.39 Å². The zero-order chi connectivity index (χ0) is 13.9. The lowest BCUT2D eigenvalue weighted by Gasteiger charge is -2.06. The molecule has 3 rings (SSSR count). The molecule has 0 saturated carbocycles. The monoisotopic (exact) mass is 268 g/mol. The Morgan fingerprint density at radius 2 is 1.65 bits per heavy atom. The van der Waals surface area contributed by atoms with Crippen molar-refractivity contribution in [2.75, 3.05) is 0 Å². The minimum absolute atomic E-state index is 0.0689. The van der Waals surface area contributed by atoms with Crippen molar-refractivity contribution >= 4 is 0 Å². The van der Waals surface area contributed by atoms with E-state index in [0.29, 0.717) is 11.8 Å². The minimum atomic E-state index is -0.253. The van der Waals surface area contributed by atoms with Gasteiger partial charge in [-0.15, -0.1) is 10.2 Å². The molecule has 0 fully saturated rings. The first-order valence-electron chi connectivity index (χ1n) is 6.38. The van der Waals surface area contributed by atoms with Gasteiger partial charge in [-0.1, -0.05) is 30.3 Å². The molecule has 2 aromatic carbocycles. The Balaban J connectivity index is 1.88. The SMILES string of the molecule is CC(c1ccc(F)cc1)c1nnc(-c2ccccc2)o1. The van der Waals surface area contributed by atoms with Gasteiger partial charge in [0.05, 0.1) is 5.92 Å². The van der Waals surface area contributed by atoms with Crippen LogP contribution in [0.3, 0.4) is 0 Å². The van der Waals surface area contributed by atoms with E-state index in [-0.39, 0.29) is 11.7 Å². The summed E-state index contributed by atoms with van der Waals surface area (Å²) in [5, 5.41) is 8.14. The average molecular weight is 268 g/mol. The van der Waals surface area contributed by atoms with Gasteiger partial charge in [0.25, 0.3) is 0 Å². The van der Waals surface area contributed by atoms with Gasteiger partial charge in [0, 0.05) is 5.56 Å². The van der Waals surface area contributed by atoms with E-state index in [0.717, 1.165) is 11.1 Å². The van der Waals surface area contributed by atoms with E-state index in [1.807, 2.05) is 37.3 Å². The number of hydrogen-bond donors (Lipinski definition) is 0. The lowest BCUT2D eigenvalue weighted by Crippen LogP contribution is -1.96. The van der Waals surface area contributed by atoms with Gasteiger partial charge < -0.3 is 4.42 Å². The number of nitrogens with zero attached hydrogens (tertiary/aromatic N) is 2. The largest absolute Gasteiger partial charge is 0.420 e. The number of halogens is 1. The fourth-order valence-electron chi connectivity index (χ4n) is 2.00. The van der Waals surface area contributed by atoms with Crippen LogP contribution in [0.5, 0.6) is 0 Å². The van der Waals surface area contributed by atoms with E-state index in [4.69, 9.17) is 4.42 Å². The molecule has 0 saturated heterocycles. The van der Waals surface area contributed by atoms with E-state index in [1.165, 1.54) is 12.1 Å². The Morgan fingerprint density at radius 1 is 0.950 bits per heavy atom. The zero-order valence-electron chi connectivity index (χ0n) is 11.0. The molecular formula is C16H13FN2O. The third-order valence-electron chi connectivity index (χ3n) is 3.20. The molecule has 0 bridgehead atoms. The van der Waals surface area contributed by atoms with Crippen molar-refractivity contribution in [3.8, 4) is 11.5 Å². The van der Waals surface area contributed by atoms with Crippen LogP contribution < -0.4 is 0 Å². The maximum absolute atomic E-state index is 12.9. The molecule has 0 aliphatic heterocycles. The number of aromatic nitrogens is 2. The van der Waals surface area contributed by atoms with Crippen LogP contribution in [0.4, 0.5) is 4.39 Å². The fraction of sp³-hybridized carbons (Fsp3) is 0.125. The Hall–Kier alpha value is -2.49. The first-order chi connectivity index (χ1) is 9.74. The first-order valence-corrected chi connectivity index (χ1v) is 6.38. The average Bonchev–Trinajstić information content (AvgIpc) is 2.98. The molecular weight excluding hydrogens is 255 g/mol. The zero-order valence-corrected chi connectivity index (χ0v) is 11.0. The third kappa shape index (κ3) is 2.45. The van der Waals surface area contributed by atoms with Crippen LogP contribution >= 0.6 is 0 Å². The molecule has 3 nitrogen and oxygen atoms in total. The third-order valence-corrected chi connectivity index (χ3v) is 3.20. The quantitative estimate of drug-likeness (QED) is 0.720. The molecule has 1 aromatic heterocycles. The molecule has 1 heterocycles. The van der Waals surface area contributed by atoms with Crippen molar-refractivity contribution in [3.63, 3.8) is 0 Å². The smallest absolute Gasteiger partial charge is 0.247 e. The van der Waals surface area contributed by atoms with Crippen LogP contribution in [0.2, 0.25) is 0 Å². The summed E-state index contributed by atoms with van der Waals surface area (Å²) in [5.41, 5.74) is 1.83. The van der Waals surface area contributed by atoms with Gasteiger partial charge in [0.15, 0.2) is 0 Å². The summed E-state index contributed by atoms with van der Waals surface area (Å²) in [5.74, 6) is 0.696. The normalized spacial score (nSPS) is 12.3. The van der Waals surface area contributed by atoms with Gasteiger partial charge in [0.1, 0.15) is 5.82 Å². The van der Waals surface area contributed by atoms with Crippen molar-refractivity contribution in [2.24, 2.45) is 0 Å². The van der Waals surface area contributed by atoms with Crippen LogP contribution in [0.1, 0.15) is 24.3 Å². The summed E-state index contributed by atoms with van der Waals surface area (Å²) in [6.45, 7) is 1.95. The first kappa shape index (κ1) is 12.5. The van der Waals surface area contributed by atoms with Crippen molar-refractivity contribution in [1.29, 1.82) is 0 Å². The minimum Gasteiger partial charge on any atom is -0.420 e. The lowest BCUT2D eigenvalue weighted by molar-refractivity contribution is 0.490. The fourth-order valence-corrected chi connectivity index (χ4v) is 2.00. The van der Waals surface area contributed by atoms with E-state index >= 15 is 0 Å². The maximum Gasteiger partial charge on any atom is 0.247 e. The van der Waals surface area contributed by atoms with Crippen LogP contribution in [-0.2, 0) is 0 Å². The van der Waals surface area contributed by atoms with Gasteiger partial charge >= 0.3 is 0 Å². The van der Waals surface area contributed by atoms with Crippen LogP contribution in [-0.4, -0.2) is 10.2 Å². The highest BCUT2D eigenvalue weighted by Gasteiger charge is 2.16. The molecule has 20 heavy (non-hydrogen) atoms. The van der Waals surface area contributed by atoms with E-state index in [2.05, 4.69) is 10.2 Å². The molecule has 100 valence electrons. The summed E-state index contributed by atoms with van der Waals surface area (Å²) < 4.78 is 18.6. The summed E-state index contributed by atoms with van der Waals surface area (Å²) in [4.78, 5) is 0. The highest BCUT2D eigenvalue weighted by molar-refractivity contribution is 5.51. The number of rotatable bonds is 3. The van der Waals surface area contributed by atoms with E-state index in [1.54, 1.807) is 12.1 Å². The summed E-state index contributed by atoms with van der Waals surface area (Å²) in [7, 11) is 0. The van der Waals surface area contributed by atoms with Gasteiger partial charge in [-0.2, -0.15) is 0 Å². The Labute approximate surface area is 116 Å². The Bertz CT molecular complexity index is 692. The van der Waals surface area contributed by atoms with Gasteiger partial charge in [-0.05, 0) is 36.8 Å². The number of hydrogen-bond acceptors (Lipinski definition) is 3. The second kappa shape index (κ2) is 5.25. The predicted molar refractivity (Wildman–Crippen MR) is 73.7 cm³/mol.